The third-order valence-corrected chi connectivity index (χ3v) is 2.07. The summed E-state index contributed by atoms with van der Waals surface area (Å²) in [6.07, 6.45) is 7.74. The first kappa shape index (κ1) is 9.97. The molecule has 0 aromatic heterocycles. The predicted molar refractivity (Wildman–Crippen MR) is 57.0 cm³/mol. The summed E-state index contributed by atoms with van der Waals surface area (Å²) in [5.41, 5.74) is 1.15. The topological polar surface area (TPSA) is 15.6 Å². The quantitative estimate of drug-likeness (QED) is 0.639. The highest BCUT2D eigenvalue weighted by Crippen LogP contribution is 2.00. The van der Waals surface area contributed by atoms with Gasteiger partial charge in [0.2, 0.25) is 0 Å². The molecule has 0 aromatic rings. The maximum Gasteiger partial charge on any atom is 0.0368 e. The molecule has 0 spiro atoms. The molecule has 0 amide bonds. The summed E-state index contributed by atoms with van der Waals surface area (Å²) >= 11 is 0. The smallest absolute Gasteiger partial charge is 0.0368 e. The molecule has 2 nitrogen and oxygen atoms in total. The monoisotopic (exact) mass is 176 g/mol. The fourth-order valence-electron chi connectivity index (χ4n) is 1.20. The minimum Gasteiger partial charge on any atom is -0.299 e. The lowest BCUT2D eigenvalue weighted by atomic mass is 10.2. The second-order valence-electron chi connectivity index (χ2n) is 2.93. The van der Waals surface area contributed by atoms with Gasteiger partial charge in [0.05, 0.1) is 0 Å². The molecule has 1 rings (SSSR count). The Hall–Kier alpha value is -1.11. The molecule has 1 aliphatic rings. The summed E-state index contributed by atoms with van der Waals surface area (Å²) in [5.74, 6) is 3.01. The molecule has 0 aliphatic carbocycles. The van der Waals surface area contributed by atoms with Crippen LogP contribution in [-0.2, 0) is 0 Å². The second kappa shape index (κ2) is 5.52. The molecule has 0 bridgehead atoms. The van der Waals surface area contributed by atoms with E-state index in [0.717, 1.165) is 25.2 Å². The molecule has 0 saturated heterocycles. The fourth-order valence-corrected chi connectivity index (χ4v) is 1.20. The van der Waals surface area contributed by atoms with Crippen LogP contribution >= 0.6 is 0 Å². The molecular formula is C11H16N2. The zero-order valence-electron chi connectivity index (χ0n) is 8.33. The SMILES string of the molecule is CCN(CC)CC1=C=NC=CC=C1. The van der Waals surface area contributed by atoms with Gasteiger partial charge in [-0.05, 0) is 31.1 Å². The summed E-state index contributed by atoms with van der Waals surface area (Å²) < 4.78 is 0. The van der Waals surface area contributed by atoms with Crippen molar-refractivity contribution < 1.29 is 0 Å². The molecular weight excluding hydrogens is 160 g/mol. The van der Waals surface area contributed by atoms with E-state index < -0.39 is 0 Å². The summed E-state index contributed by atoms with van der Waals surface area (Å²) in [5, 5.41) is 0. The molecule has 0 saturated carbocycles. The number of aliphatic imine (C=N–C) groups is 1. The third kappa shape index (κ3) is 3.41. The van der Waals surface area contributed by atoms with Crippen molar-refractivity contribution in [2.24, 2.45) is 4.99 Å². The molecule has 70 valence electrons. The molecule has 0 fully saturated rings. The van der Waals surface area contributed by atoms with Crippen molar-refractivity contribution in [3.8, 4) is 0 Å². The van der Waals surface area contributed by atoms with Crippen molar-refractivity contribution in [1.82, 2.24) is 4.90 Å². The Bertz CT molecular complexity index is 264. The van der Waals surface area contributed by atoms with Crippen molar-refractivity contribution in [3.05, 3.63) is 30.0 Å². The molecule has 0 unspecified atom stereocenters. The molecule has 1 aliphatic heterocycles. The van der Waals surface area contributed by atoms with Crippen molar-refractivity contribution in [3.63, 3.8) is 0 Å². The maximum atomic E-state index is 4.02. The molecule has 0 aromatic carbocycles. The molecule has 2 heteroatoms. The number of hydrogen-bond donors (Lipinski definition) is 0. The zero-order chi connectivity index (χ0) is 9.52. The number of nitrogens with zero attached hydrogens (tertiary/aromatic N) is 2. The Balaban J connectivity index is 2.58. The van der Waals surface area contributed by atoms with Gasteiger partial charge in [0.15, 0.2) is 0 Å². The standard InChI is InChI=1S/C11H16N2/c1-3-13(4-2)10-11-7-5-6-8-12-9-11/h5-8H,3-4,10H2,1-2H3. The van der Waals surface area contributed by atoms with Gasteiger partial charge in [-0.25, -0.2) is 4.99 Å². The fraction of sp³-hybridized carbons (Fsp3) is 0.455. The minimum absolute atomic E-state index is 0.939. The van der Waals surface area contributed by atoms with Gasteiger partial charge >= 0.3 is 0 Å². The first-order valence-electron chi connectivity index (χ1n) is 4.74. The van der Waals surface area contributed by atoms with E-state index in [9.17, 15) is 0 Å². The molecule has 13 heavy (non-hydrogen) atoms. The Labute approximate surface area is 80.0 Å². The van der Waals surface area contributed by atoms with Crippen LogP contribution in [0.5, 0.6) is 0 Å². The average molecular weight is 176 g/mol. The van der Waals surface area contributed by atoms with Crippen LogP contribution in [0, 0.1) is 0 Å². The van der Waals surface area contributed by atoms with E-state index in [0.29, 0.717) is 0 Å². The van der Waals surface area contributed by atoms with E-state index >= 15 is 0 Å². The van der Waals surface area contributed by atoms with Gasteiger partial charge in [-0.15, -0.1) is 0 Å². The van der Waals surface area contributed by atoms with Gasteiger partial charge in [0.25, 0.3) is 0 Å². The summed E-state index contributed by atoms with van der Waals surface area (Å²) in [7, 11) is 0. The number of rotatable bonds is 4. The first-order valence-corrected chi connectivity index (χ1v) is 4.74. The van der Waals surface area contributed by atoms with Crippen LogP contribution in [0.15, 0.2) is 35.0 Å². The number of allylic oxidation sites excluding steroid dienone is 2. The highest BCUT2D eigenvalue weighted by atomic mass is 15.1. The van der Waals surface area contributed by atoms with Crippen LogP contribution in [0.3, 0.4) is 0 Å². The van der Waals surface area contributed by atoms with E-state index in [1.165, 1.54) is 0 Å². The minimum atomic E-state index is 0.939. The third-order valence-electron chi connectivity index (χ3n) is 2.07. The van der Waals surface area contributed by atoms with Crippen molar-refractivity contribution in [2.75, 3.05) is 19.6 Å². The van der Waals surface area contributed by atoms with Crippen molar-refractivity contribution >= 4 is 5.87 Å². The summed E-state index contributed by atoms with van der Waals surface area (Å²) in [6.45, 7) is 7.42. The van der Waals surface area contributed by atoms with Gasteiger partial charge in [-0.2, -0.15) is 0 Å². The van der Waals surface area contributed by atoms with E-state index in [2.05, 4.69) is 35.7 Å². The van der Waals surface area contributed by atoms with Crippen LogP contribution < -0.4 is 0 Å². The second-order valence-corrected chi connectivity index (χ2v) is 2.93. The Morgan fingerprint density at radius 1 is 1.31 bits per heavy atom. The van der Waals surface area contributed by atoms with E-state index in [-0.39, 0.29) is 0 Å². The van der Waals surface area contributed by atoms with Crippen LogP contribution in [0.2, 0.25) is 0 Å². The van der Waals surface area contributed by atoms with Crippen molar-refractivity contribution in [1.29, 1.82) is 0 Å². The molecule has 1 heterocycles. The Kier molecular flexibility index (Phi) is 4.24. The van der Waals surface area contributed by atoms with Crippen molar-refractivity contribution in [2.45, 2.75) is 13.8 Å². The largest absolute Gasteiger partial charge is 0.299 e. The number of hydrogen-bond acceptors (Lipinski definition) is 2. The van der Waals surface area contributed by atoms with Gasteiger partial charge in [-0.1, -0.05) is 19.9 Å². The van der Waals surface area contributed by atoms with Crippen LogP contribution in [-0.4, -0.2) is 30.4 Å². The average Bonchev–Trinajstić information content (AvgIpc) is 2.42. The molecule has 0 atom stereocenters. The lowest BCUT2D eigenvalue weighted by Crippen LogP contribution is -2.25. The number of likely N-dealkylation sites (N-methyl/N-ethyl adjacent to an activating group) is 1. The van der Waals surface area contributed by atoms with Crippen LogP contribution in [0.25, 0.3) is 0 Å². The highest BCUT2D eigenvalue weighted by Gasteiger charge is 2.00. The molecule has 0 radical (unpaired) electrons. The van der Waals surface area contributed by atoms with E-state index in [1.807, 2.05) is 12.2 Å². The highest BCUT2D eigenvalue weighted by molar-refractivity contribution is 5.64. The van der Waals surface area contributed by atoms with Crippen LogP contribution in [0.4, 0.5) is 0 Å². The van der Waals surface area contributed by atoms with Gasteiger partial charge in [0.1, 0.15) is 0 Å². The maximum absolute atomic E-state index is 4.02. The lowest BCUT2D eigenvalue weighted by molar-refractivity contribution is 0.333. The zero-order valence-corrected chi connectivity index (χ0v) is 8.33. The van der Waals surface area contributed by atoms with E-state index in [1.54, 1.807) is 6.20 Å². The van der Waals surface area contributed by atoms with E-state index in [4.69, 9.17) is 0 Å². The van der Waals surface area contributed by atoms with Gasteiger partial charge < -0.3 is 0 Å². The molecule has 0 N–H and O–H groups in total. The first-order chi connectivity index (χ1) is 6.36. The van der Waals surface area contributed by atoms with Crippen LogP contribution in [0.1, 0.15) is 13.8 Å². The Morgan fingerprint density at radius 2 is 2.08 bits per heavy atom. The normalized spacial score (nSPS) is 14.8. The Morgan fingerprint density at radius 3 is 2.77 bits per heavy atom. The van der Waals surface area contributed by atoms with Gasteiger partial charge in [0, 0.05) is 18.3 Å². The summed E-state index contributed by atoms with van der Waals surface area (Å²) in [6, 6.07) is 0. The summed E-state index contributed by atoms with van der Waals surface area (Å²) in [4.78, 5) is 6.36. The predicted octanol–water partition coefficient (Wildman–Crippen LogP) is 2.01. The lowest BCUT2D eigenvalue weighted by Gasteiger charge is -2.16. The van der Waals surface area contributed by atoms with Gasteiger partial charge in [-0.3, -0.25) is 4.90 Å².